The third kappa shape index (κ3) is 6.77. The van der Waals surface area contributed by atoms with Crippen molar-refractivity contribution < 1.29 is 19.1 Å². The summed E-state index contributed by atoms with van der Waals surface area (Å²) in [5.41, 5.74) is 0. The van der Waals surface area contributed by atoms with Crippen LogP contribution in [0.1, 0.15) is 27.2 Å². The largest absolute Gasteiger partial charge is 0.466 e. The van der Waals surface area contributed by atoms with Crippen LogP contribution in [0, 0.1) is 0 Å². The van der Waals surface area contributed by atoms with E-state index in [-0.39, 0.29) is 22.9 Å². The molecule has 0 spiro atoms. The van der Waals surface area contributed by atoms with E-state index in [2.05, 4.69) is 0 Å². The average Bonchev–Trinajstić information content (AvgIpc) is 2.03. The van der Waals surface area contributed by atoms with E-state index in [0.717, 1.165) is 11.8 Å². The SMILES string of the molecule is CCOC(=O)CC(C)SC(=O)OCC. The predicted molar refractivity (Wildman–Crippen MR) is 55.3 cm³/mol. The zero-order valence-corrected chi connectivity index (χ0v) is 9.56. The van der Waals surface area contributed by atoms with Crippen LogP contribution < -0.4 is 0 Å². The molecule has 0 saturated carbocycles. The standard InChI is InChI=1S/C9H16O4S/c1-4-12-8(10)6-7(3)14-9(11)13-5-2/h7H,4-6H2,1-3H3. The second-order valence-corrected chi connectivity index (χ2v) is 3.99. The number of carbonyl (C=O) groups is 2. The van der Waals surface area contributed by atoms with Crippen molar-refractivity contribution in [3.63, 3.8) is 0 Å². The molecule has 0 aromatic heterocycles. The fraction of sp³-hybridized carbons (Fsp3) is 0.778. The highest BCUT2D eigenvalue weighted by molar-refractivity contribution is 8.13. The summed E-state index contributed by atoms with van der Waals surface area (Å²) in [7, 11) is 0. The fourth-order valence-electron chi connectivity index (χ4n) is 0.812. The van der Waals surface area contributed by atoms with Crippen LogP contribution in [-0.4, -0.2) is 29.7 Å². The van der Waals surface area contributed by atoms with Crippen LogP contribution in [0.2, 0.25) is 0 Å². The maximum absolute atomic E-state index is 11.0. The third-order valence-corrected chi connectivity index (χ3v) is 2.20. The van der Waals surface area contributed by atoms with Gasteiger partial charge in [0.15, 0.2) is 0 Å². The molecule has 0 saturated heterocycles. The van der Waals surface area contributed by atoms with E-state index in [1.54, 1.807) is 20.8 Å². The van der Waals surface area contributed by atoms with Gasteiger partial charge in [0, 0.05) is 5.25 Å². The summed E-state index contributed by atoms with van der Waals surface area (Å²) < 4.78 is 9.48. The van der Waals surface area contributed by atoms with Crippen LogP contribution in [0.5, 0.6) is 0 Å². The molecule has 0 N–H and O–H groups in total. The lowest BCUT2D eigenvalue weighted by atomic mass is 10.3. The van der Waals surface area contributed by atoms with Crippen molar-refractivity contribution >= 4 is 23.0 Å². The Morgan fingerprint density at radius 1 is 1.21 bits per heavy atom. The van der Waals surface area contributed by atoms with Crippen LogP contribution in [-0.2, 0) is 14.3 Å². The summed E-state index contributed by atoms with van der Waals surface area (Å²) >= 11 is 1.02. The van der Waals surface area contributed by atoms with Gasteiger partial charge in [0.1, 0.15) is 0 Å². The molecule has 0 aliphatic heterocycles. The highest BCUT2D eigenvalue weighted by atomic mass is 32.2. The van der Waals surface area contributed by atoms with Gasteiger partial charge >= 0.3 is 11.3 Å². The Balaban J connectivity index is 3.68. The summed E-state index contributed by atoms with van der Waals surface area (Å²) in [5.74, 6) is -0.281. The molecule has 0 fully saturated rings. The smallest absolute Gasteiger partial charge is 0.367 e. The summed E-state index contributed by atoms with van der Waals surface area (Å²) in [6, 6.07) is 0. The van der Waals surface area contributed by atoms with Crippen molar-refractivity contribution in [1.29, 1.82) is 0 Å². The Hall–Kier alpha value is -0.710. The molecule has 1 unspecified atom stereocenters. The van der Waals surface area contributed by atoms with Crippen LogP contribution in [0.4, 0.5) is 4.79 Å². The number of hydrogen-bond donors (Lipinski definition) is 0. The predicted octanol–water partition coefficient (Wildman–Crippen LogP) is 2.22. The molecule has 0 aliphatic carbocycles. The van der Waals surface area contributed by atoms with Crippen molar-refractivity contribution in [3.8, 4) is 0 Å². The van der Waals surface area contributed by atoms with E-state index in [4.69, 9.17) is 9.47 Å². The van der Waals surface area contributed by atoms with Crippen LogP contribution >= 0.6 is 11.8 Å². The van der Waals surface area contributed by atoms with Crippen molar-refractivity contribution in [3.05, 3.63) is 0 Å². The molecule has 0 aliphatic rings. The highest BCUT2D eigenvalue weighted by Gasteiger charge is 2.15. The van der Waals surface area contributed by atoms with E-state index >= 15 is 0 Å². The number of ether oxygens (including phenoxy) is 2. The second kappa shape index (κ2) is 7.67. The molecule has 0 aromatic rings. The van der Waals surface area contributed by atoms with Crippen LogP contribution in [0.3, 0.4) is 0 Å². The molecule has 82 valence electrons. The van der Waals surface area contributed by atoms with Crippen molar-refractivity contribution in [1.82, 2.24) is 0 Å². The fourth-order valence-corrected chi connectivity index (χ4v) is 1.55. The van der Waals surface area contributed by atoms with E-state index in [1.807, 2.05) is 0 Å². The zero-order chi connectivity index (χ0) is 11.0. The van der Waals surface area contributed by atoms with Crippen molar-refractivity contribution in [2.75, 3.05) is 13.2 Å². The number of rotatable bonds is 5. The summed E-state index contributed by atoms with van der Waals surface area (Å²) in [6.07, 6.45) is 0.233. The van der Waals surface area contributed by atoms with Gasteiger partial charge in [-0.3, -0.25) is 4.79 Å². The molecular formula is C9H16O4S. The van der Waals surface area contributed by atoms with Gasteiger partial charge < -0.3 is 9.47 Å². The first-order valence-electron chi connectivity index (χ1n) is 4.59. The second-order valence-electron chi connectivity index (χ2n) is 2.62. The Kier molecular flexibility index (Phi) is 7.28. The number of thioether (sulfide) groups is 1. The van der Waals surface area contributed by atoms with Gasteiger partial charge in [-0.05, 0) is 25.6 Å². The van der Waals surface area contributed by atoms with Gasteiger partial charge in [0.05, 0.1) is 19.6 Å². The quantitative estimate of drug-likeness (QED) is 0.665. The van der Waals surface area contributed by atoms with Gasteiger partial charge in [-0.25, -0.2) is 4.79 Å². The lowest BCUT2D eigenvalue weighted by Crippen LogP contribution is -2.12. The molecule has 5 heteroatoms. The molecule has 0 heterocycles. The molecule has 1 atom stereocenters. The highest BCUT2D eigenvalue weighted by Crippen LogP contribution is 2.17. The minimum Gasteiger partial charge on any atom is -0.466 e. The molecule has 0 radical (unpaired) electrons. The number of esters is 1. The summed E-state index contributed by atoms with van der Waals surface area (Å²) in [5, 5.41) is -0.447. The number of carbonyl (C=O) groups excluding carboxylic acids is 2. The van der Waals surface area contributed by atoms with Gasteiger partial charge in [-0.15, -0.1) is 0 Å². The van der Waals surface area contributed by atoms with E-state index in [9.17, 15) is 9.59 Å². The maximum atomic E-state index is 11.0. The molecular weight excluding hydrogens is 204 g/mol. The van der Waals surface area contributed by atoms with Crippen molar-refractivity contribution in [2.24, 2.45) is 0 Å². The Morgan fingerprint density at radius 2 is 1.79 bits per heavy atom. The maximum Gasteiger partial charge on any atom is 0.367 e. The van der Waals surface area contributed by atoms with E-state index in [1.165, 1.54) is 0 Å². The number of hydrogen-bond acceptors (Lipinski definition) is 5. The monoisotopic (exact) mass is 220 g/mol. The third-order valence-electron chi connectivity index (χ3n) is 1.32. The molecule has 0 rings (SSSR count). The van der Waals surface area contributed by atoms with Crippen LogP contribution in [0.25, 0.3) is 0 Å². The minimum atomic E-state index is -0.343. The topological polar surface area (TPSA) is 52.6 Å². The van der Waals surface area contributed by atoms with Crippen LogP contribution in [0.15, 0.2) is 0 Å². The Bertz CT molecular complexity index is 173. The van der Waals surface area contributed by atoms with E-state index in [0.29, 0.717) is 13.2 Å². The normalized spacial score (nSPS) is 11.9. The Morgan fingerprint density at radius 3 is 2.29 bits per heavy atom. The first-order chi connectivity index (χ1) is 6.60. The first-order valence-corrected chi connectivity index (χ1v) is 5.47. The lowest BCUT2D eigenvalue weighted by molar-refractivity contribution is -0.142. The first kappa shape index (κ1) is 13.3. The zero-order valence-electron chi connectivity index (χ0n) is 8.74. The lowest BCUT2D eigenvalue weighted by Gasteiger charge is -2.08. The van der Waals surface area contributed by atoms with Gasteiger partial charge in [-0.1, -0.05) is 6.92 Å². The molecule has 0 amide bonds. The van der Waals surface area contributed by atoms with Gasteiger partial charge in [0.25, 0.3) is 0 Å². The van der Waals surface area contributed by atoms with E-state index < -0.39 is 0 Å². The molecule has 0 aromatic carbocycles. The molecule has 4 nitrogen and oxygen atoms in total. The van der Waals surface area contributed by atoms with Gasteiger partial charge in [-0.2, -0.15) is 0 Å². The summed E-state index contributed by atoms with van der Waals surface area (Å²) in [6.45, 7) is 6.02. The molecule has 14 heavy (non-hydrogen) atoms. The summed E-state index contributed by atoms with van der Waals surface area (Å²) in [4.78, 5) is 22.0. The Labute approximate surface area is 88.3 Å². The molecule has 0 bridgehead atoms. The van der Waals surface area contributed by atoms with Gasteiger partial charge in [0.2, 0.25) is 0 Å². The van der Waals surface area contributed by atoms with Crippen molar-refractivity contribution in [2.45, 2.75) is 32.4 Å². The average molecular weight is 220 g/mol. The minimum absolute atomic E-state index is 0.104.